The molecule has 0 bridgehead atoms. The fraction of sp³-hybridized carbons (Fsp3) is 0.303. The Kier molecular flexibility index (Phi) is 8.99. The number of allylic oxidation sites excluding steroid dienone is 3. The molecule has 0 unspecified atom stereocenters. The van der Waals surface area contributed by atoms with Crippen molar-refractivity contribution in [1.29, 1.82) is 0 Å². The lowest BCUT2D eigenvalue weighted by atomic mass is 10.00. The van der Waals surface area contributed by atoms with Crippen molar-refractivity contribution in [1.82, 2.24) is 15.3 Å². The van der Waals surface area contributed by atoms with Gasteiger partial charge in [0.05, 0.1) is 11.6 Å². The Labute approximate surface area is 249 Å². The van der Waals surface area contributed by atoms with Gasteiger partial charge < -0.3 is 35.1 Å². The molecular weight excluding hydrogens is 548 g/mol. The molecule has 0 radical (unpaired) electrons. The van der Waals surface area contributed by atoms with E-state index in [0.717, 1.165) is 27.8 Å². The van der Waals surface area contributed by atoms with Crippen molar-refractivity contribution in [3.63, 3.8) is 0 Å². The average Bonchev–Trinajstić information content (AvgIpc) is 3.59. The molecule has 4 rings (SSSR count). The first-order valence-electron chi connectivity index (χ1n) is 14.0. The maximum atomic E-state index is 12.3. The number of aromatic nitrogens is 2. The van der Waals surface area contributed by atoms with Crippen molar-refractivity contribution in [3.8, 4) is 0 Å². The molecule has 3 N–H and O–H groups in total. The molecule has 2 aromatic rings. The van der Waals surface area contributed by atoms with E-state index in [1.807, 2.05) is 45.9 Å². The molecule has 4 heterocycles. The smallest absolute Gasteiger partial charge is 0.277 e. The summed E-state index contributed by atoms with van der Waals surface area (Å²) in [6, 6.07) is 0. The number of aliphatic carboxylic acids is 2. The summed E-state index contributed by atoms with van der Waals surface area (Å²) >= 11 is 0. The Balaban J connectivity index is 1.91. The Morgan fingerprint density at radius 2 is 1.56 bits per heavy atom. The van der Waals surface area contributed by atoms with Crippen LogP contribution in [0.4, 0.5) is 0 Å². The summed E-state index contributed by atoms with van der Waals surface area (Å²) in [6.07, 6.45) is 8.73. The van der Waals surface area contributed by atoms with Crippen LogP contribution in [0.2, 0.25) is 0 Å². The zero-order valence-corrected chi connectivity index (χ0v) is 24.9. The number of carbonyl (C=O) groups is 4. The zero-order chi connectivity index (χ0) is 31.6. The van der Waals surface area contributed by atoms with Crippen molar-refractivity contribution in [2.24, 2.45) is 10.9 Å². The highest BCUT2D eigenvalue weighted by Crippen LogP contribution is 2.29. The van der Waals surface area contributed by atoms with Gasteiger partial charge in [-0.3, -0.25) is 9.59 Å². The van der Waals surface area contributed by atoms with Crippen molar-refractivity contribution in [3.05, 3.63) is 85.5 Å². The molecule has 1 fully saturated rings. The Hall–Kier alpha value is -4.99. The first kappa shape index (κ1) is 31.0. The molecule has 0 saturated carbocycles. The van der Waals surface area contributed by atoms with Gasteiger partial charge in [0.1, 0.15) is 0 Å². The number of aromatic amines is 2. The molecule has 10 nitrogen and oxygen atoms in total. The number of amides is 2. The number of nitrogens with zero attached hydrogens (tertiary/aromatic N) is 1. The van der Waals surface area contributed by atoms with Crippen LogP contribution in [0, 0.1) is 19.8 Å². The number of rotatable bonds is 10. The molecule has 224 valence electrons. The summed E-state index contributed by atoms with van der Waals surface area (Å²) in [5, 5.41) is 26.9. The van der Waals surface area contributed by atoms with Crippen LogP contribution in [0.1, 0.15) is 67.3 Å². The Morgan fingerprint density at radius 1 is 0.907 bits per heavy atom. The predicted molar refractivity (Wildman–Crippen MR) is 159 cm³/mol. The molecule has 2 aromatic heterocycles. The van der Waals surface area contributed by atoms with E-state index in [-0.39, 0.29) is 43.4 Å². The highest BCUT2D eigenvalue weighted by Gasteiger charge is 2.29. The number of aliphatic imine (C=N–C) groups is 1. The largest absolute Gasteiger partial charge is 0.550 e. The van der Waals surface area contributed by atoms with Gasteiger partial charge in [0.2, 0.25) is 5.91 Å². The normalized spacial score (nSPS) is 19.7. The lowest BCUT2D eigenvalue weighted by Crippen LogP contribution is -2.23. The van der Waals surface area contributed by atoms with Gasteiger partial charge in [-0.2, -0.15) is 0 Å². The minimum Gasteiger partial charge on any atom is -0.550 e. The number of hydrogen-bond donors (Lipinski definition) is 3. The van der Waals surface area contributed by atoms with Crippen LogP contribution >= 0.6 is 0 Å². The molecule has 43 heavy (non-hydrogen) atoms. The van der Waals surface area contributed by atoms with Crippen LogP contribution in [0.3, 0.4) is 0 Å². The summed E-state index contributed by atoms with van der Waals surface area (Å²) in [6.45, 7) is 12.9. The highest BCUT2D eigenvalue weighted by atomic mass is 16.4. The van der Waals surface area contributed by atoms with E-state index in [4.69, 9.17) is 0 Å². The zero-order valence-electron chi connectivity index (χ0n) is 24.9. The van der Waals surface area contributed by atoms with Crippen LogP contribution in [-0.2, 0) is 32.0 Å². The van der Waals surface area contributed by atoms with Crippen LogP contribution < -0.4 is 26.2 Å². The van der Waals surface area contributed by atoms with Crippen LogP contribution in [0.15, 0.2) is 46.1 Å². The van der Waals surface area contributed by atoms with E-state index in [0.29, 0.717) is 44.6 Å². The third-order valence-electron chi connectivity index (χ3n) is 8.10. The highest BCUT2D eigenvalue weighted by molar-refractivity contribution is 6.31. The molecule has 2 amide bonds. The topological polar surface area (TPSA) is 170 Å². The van der Waals surface area contributed by atoms with Crippen LogP contribution in [0.25, 0.3) is 18.2 Å². The molecule has 2 aliphatic rings. The third-order valence-corrected chi connectivity index (χ3v) is 8.10. The van der Waals surface area contributed by atoms with Crippen LogP contribution in [0.5, 0.6) is 0 Å². The standard InChI is InChI=1S/C33H36N4O6/c1-7-20-19(6)32(42)37-27(20)14-25-18(5)23(10-12-31(40)41)29(35-25)15-28-22(9-11-30(38)39)17(4)24(34-28)13-26-16(3)21(8-2)33(43)36-26/h7-8,13-15,19,34-35H,2,9-12H2,1,3-6H3,(H,37,42)(H,38,39)(H,40,41)/p-2/b20-7-,24-13?,27-14-,28-15-/t19-/m0/s1. The van der Waals surface area contributed by atoms with Crippen LogP contribution in [-0.4, -0.2) is 39.4 Å². The summed E-state index contributed by atoms with van der Waals surface area (Å²) in [7, 11) is 0. The van der Waals surface area contributed by atoms with Crippen molar-refractivity contribution in [2.45, 2.75) is 60.3 Å². The average molecular weight is 583 g/mol. The fourth-order valence-electron chi connectivity index (χ4n) is 5.56. The van der Waals surface area contributed by atoms with E-state index < -0.39 is 11.9 Å². The number of nitrogens with one attached hydrogen (secondary N) is 3. The maximum absolute atomic E-state index is 12.3. The van der Waals surface area contributed by atoms with Gasteiger partial charge >= 0.3 is 0 Å². The number of carboxylic acid groups (broad SMARTS) is 2. The van der Waals surface area contributed by atoms with Crippen molar-refractivity contribution >= 4 is 47.7 Å². The first-order valence-corrected chi connectivity index (χ1v) is 14.0. The second-order valence-electron chi connectivity index (χ2n) is 10.7. The number of H-pyrrole nitrogens is 2. The third kappa shape index (κ3) is 6.28. The maximum Gasteiger partial charge on any atom is 0.277 e. The van der Waals surface area contributed by atoms with E-state index in [1.54, 1.807) is 13.0 Å². The SMILES string of the molecule is C=CC1=C(C)C(C=c2[nH]/c(=C\c3[nH]c(/C=C4\NC(=O)[C@@H](C)\C4=C\C)c(C)c3CCC(=O)[O-])c(CCC(=O)[O-])c2C)=NC1=O. The lowest BCUT2D eigenvalue weighted by molar-refractivity contribution is -0.307. The summed E-state index contributed by atoms with van der Waals surface area (Å²) in [5.41, 5.74) is 7.53. The second-order valence-corrected chi connectivity index (χ2v) is 10.7. The number of carbonyl (C=O) groups excluding carboxylic acids is 4. The Bertz CT molecular complexity index is 1810. The summed E-state index contributed by atoms with van der Waals surface area (Å²) in [4.78, 5) is 58.2. The minimum absolute atomic E-state index is 0.102. The van der Waals surface area contributed by atoms with Gasteiger partial charge in [-0.25, -0.2) is 4.99 Å². The molecule has 1 saturated heterocycles. The second kappa shape index (κ2) is 12.5. The number of carboxylic acids is 2. The fourth-order valence-corrected chi connectivity index (χ4v) is 5.56. The Morgan fingerprint density at radius 3 is 2.14 bits per heavy atom. The molecule has 10 heteroatoms. The molecule has 0 aliphatic carbocycles. The summed E-state index contributed by atoms with van der Waals surface area (Å²) < 4.78 is 0. The monoisotopic (exact) mass is 582 g/mol. The van der Waals surface area contributed by atoms with E-state index >= 15 is 0 Å². The molecule has 2 aliphatic heterocycles. The van der Waals surface area contributed by atoms with E-state index in [9.17, 15) is 29.4 Å². The first-order chi connectivity index (χ1) is 20.4. The molecular formula is C33H34N4O6-2. The van der Waals surface area contributed by atoms with E-state index in [1.165, 1.54) is 6.08 Å². The molecule has 1 atom stereocenters. The van der Waals surface area contributed by atoms with Gasteiger partial charge in [-0.05, 0) is 112 Å². The van der Waals surface area contributed by atoms with Gasteiger partial charge in [0.15, 0.2) is 0 Å². The van der Waals surface area contributed by atoms with Gasteiger partial charge in [0, 0.05) is 45.3 Å². The quantitative estimate of drug-likeness (QED) is 0.368. The van der Waals surface area contributed by atoms with Gasteiger partial charge in [-0.1, -0.05) is 18.7 Å². The minimum atomic E-state index is -1.19. The van der Waals surface area contributed by atoms with Crippen molar-refractivity contribution in [2.75, 3.05) is 0 Å². The number of hydrogen-bond acceptors (Lipinski definition) is 6. The molecule has 0 aromatic carbocycles. The van der Waals surface area contributed by atoms with Crippen molar-refractivity contribution < 1.29 is 29.4 Å². The van der Waals surface area contributed by atoms with Gasteiger partial charge in [-0.15, -0.1) is 0 Å². The lowest BCUT2D eigenvalue weighted by Gasteiger charge is -2.05. The molecule has 0 spiro atoms. The van der Waals surface area contributed by atoms with Gasteiger partial charge in [0.25, 0.3) is 5.91 Å². The van der Waals surface area contributed by atoms with E-state index in [2.05, 4.69) is 26.9 Å². The predicted octanol–water partition coefficient (Wildman–Crippen LogP) is 0.471. The summed E-state index contributed by atoms with van der Waals surface area (Å²) in [5.74, 6) is -3.14.